The molecule has 0 bridgehead atoms. The fraction of sp³-hybridized carbons (Fsp3) is 0.174. The second kappa shape index (κ2) is 9.58. The lowest BCUT2D eigenvalue weighted by Crippen LogP contribution is -2.24. The molecule has 0 aromatic heterocycles. The fourth-order valence-electron chi connectivity index (χ4n) is 2.91. The highest BCUT2D eigenvalue weighted by atomic mass is 16.5. The quantitative estimate of drug-likeness (QED) is 0.559. The number of rotatable bonds is 8. The average molecular weight is 376 g/mol. The van der Waals surface area contributed by atoms with Gasteiger partial charge in [-0.2, -0.15) is 0 Å². The Kier molecular flexibility index (Phi) is 6.65. The van der Waals surface area contributed by atoms with Gasteiger partial charge >= 0.3 is 0 Å². The van der Waals surface area contributed by atoms with E-state index in [2.05, 4.69) is 10.6 Å². The molecule has 3 rings (SSSR count). The van der Waals surface area contributed by atoms with Crippen LogP contribution in [0, 0.1) is 0 Å². The van der Waals surface area contributed by atoms with E-state index in [9.17, 15) is 9.90 Å². The number of hydrogen-bond donors (Lipinski definition) is 3. The van der Waals surface area contributed by atoms with Crippen molar-refractivity contribution in [3.63, 3.8) is 0 Å². The molecule has 0 fully saturated rings. The van der Waals surface area contributed by atoms with Gasteiger partial charge in [0, 0.05) is 24.0 Å². The van der Waals surface area contributed by atoms with E-state index in [1.54, 1.807) is 7.11 Å². The zero-order valence-electron chi connectivity index (χ0n) is 15.8. The molecule has 0 spiro atoms. The third kappa shape index (κ3) is 5.59. The van der Waals surface area contributed by atoms with Crippen molar-refractivity contribution in [3.8, 4) is 5.75 Å². The molecule has 0 radical (unpaired) electrons. The van der Waals surface area contributed by atoms with Crippen LogP contribution in [0.1, 0.15) is 16.7 Å². The Bertz CT molecular complexity index is 940. The summed E-state index contributed by atoms with van der Waals surface area (Å²) in [5.41, 5.74) is 4.56. The van der Waals surface area contributed by atoms with Crippen LogP contribution < -0.4 is 15.4 Å². The Morgan fingerprint density at radius 3 is 2.36 bits per heavy atom. The van der Waals surface area contributed by atoms with Gasteiger partial charge in [-0.05, 0) is 41.0 Å². The molecular weight excluding hydrogens is 352 g/mol. The summed E-state index contributed by atoms with van der Waals surface area (Å²) in [4.78, 5) is 12.3. The fourth-order valence-corrected chi connectivity index (χ4v) is 2.91. The summed E-state index contributed by atoms with van der Waals surface area (Å²) in [6, 6.07) is 23.0. The molecule has 0 saturated carbocycles. The number of methoxy groups -OCH3 is 1. The van der Waals surface area contributed by atoms with Crippen LogP contribution >= 0.6 is 0 Å². The molecule has 0 aliphatic rings. The van der Waals surface area contributed by atoms with Crippen molar-refractivity contribution >= 4 is 17.3 Å². The third-order valence-corrected chi connectivity index (χ3v) is 4.31. The van der Waals surface area contributed by atoms with Crippen LogP contribution in [0.15, 0.2) is 72.8 Å². The van der Waals surface area contributed by atoms with Crippen LogP contribution in [-0.4, -0.2) is 18.1 Å². The summed E-state index contributed by atoms with van der Waals surface area (Å²) in [5.74, 6) is 0.735. The molecule has 0 aliphatic heterocycles. The lowest BCUT2D eigenvalue weighted by molar-refractivity contribution is -0.120. The number of carbonyl (C=O) groups excluding carboxylic acids is 1. The Labute approximate surface area is 165 Å². The molecule has 0 atom stereocenters. The van der Waals surface area contributed by atoms with Crippen LogP contribution in [-0.2, 0) is 24.4 Å². The lowest BCUT2D eigenvalue weighted by atomic mass is 10.1. The van der Waals surface area contributed by atoms with Crippen LogP contribution in [0.3, 0.4) is 0 Å². The minimum atomic E-state index is -0.0482. The number of anilines is 2. The molecule has 3 aromatic carbocycles. The Morgan fingerprint density at radius 1 is 0.893 bits per heavy atom. The van der Waals surface area contributed by atoms with E-state index < -0.39 is 0 Å². The molecule has 0 heterocycles. The minimum Gasteiger partial charge on any atom is -0.497 e. The summed E-state index contributed by atoms with van der Waals surface area (Å²) >= 11 is 0. The van der Waals surface area contributed by atoms with Crippen LogP contribution in [0.5, 0.6) is 5.75 Å². The SMILES string of the molecule is COc1cccc(Nc2cccc(CC(=O)NCc3cccc(CO)c3)c2)c1. The topological polar surface area (TPSA) is 70.6 Å². The number of hydrogen-bond acceptors (Lipinski definition) is 4. The third-order valence-electron chi connectivity index (χ3n) is 4.31. The van der Waals surface area contributed by atoms with Crippen molar-refractivity contribution < 1.29 is 14.6 Å². The number of aliphatic hydroxyl groups is 1. The number of aliphatic hydroxyl groups excluding tert-OH is 1. The zero-order valence-corrected chi connectivity index (χ0v) is 15.8. The molecule has 5 nitrogen and oxygen atoms in total. The van der Waals surface area contributed by atoms with Crippen LogP contribution in [0.2, 0.25) is 0 Å². The highest BCUT2D eigenvalue weighted by Gasteiger charge is 2.05. The van der Waals surface area contributed by atoms with Crippen molar-refractivity contribution in [1.29, 1.82) is 0 Å². The maximum atomic E-state index is 12.3. The van der Waals surface area contributed by atoms with E-state index in [1.165, 1.54) is 0 Å². The molecule has 1 amide bonds. The molecular formula is C23H24N2O3. The first-order valence-corrected chi connectivity index (χ1v) is 9.11. The molecule has 144 valence electrons. The molecule has 3 aromatic rings. The molecule has 0 aliphatic carbocycles. The van der Waals surface area contributed by atoms with Gasteiger partial charge in [0.05, 0.1) is 20.1 Å². The number of amides is 1. The number of nitrogens with one attached hydrogen (secondary N) is 2. The second-order valence-electron chi connectivity index (χ2n) is 6.49. The Balaban J connectivity index is 1.58. The van der Waals surface area contributed by atoms with E-state index in [0.717, 1.165) is 33.8 Å². The van der Waals surface area contributed by atoms with Gasteiger partial charge in [-0.1, -0.05) is 42.5 Å². The highest BCUT2D eigenvalue weighted by molar-refractivity contribution is 5.79. The van der Waals surface area contributed by atoms with Gasteiger partial charge in [0.25, 0.3) is 0 Å². The normalized spacial score (nSPS) is 10.4. The van der Waals surface area contributed by atoms with E-state index in [1.807, 2.05) is 72.8 Å². The maximum absolute atomic E-state index is 12.3. The molecule has 0 saturated heterocycles. The first-order valence-electron chi connectivity index (χ1n) is 9.11. The van der Waals surface area contributed by atoms with Crippen molar-refractivity contribution in [1.82, 2.24) is 5.32 Å². The summed E-state index contributed by atoms with van der Waals surface area (Å²) < 4.78 is 5.24. The van der Waals surface area contributed by atoms with Gasteiger partial charge in [-0.3, -0.25) is 4.79 Å². The number of benzene rings is 3. The van der Waals surface area contributed by atoms with Crippen molar-refractivity contribution in [3.05, 3.63) is 89.5 Å². The zero-order chi connectivity index (χ0) is 19.8. The van der Waals surface area contributed by atoms with Gasteiger partial charge in [0.1, 0.15) is 5.75 Å². The predicted molar refractivity (Wildman–Crippen MR) is 111 cm³/mol. The lowest BCUT2D eigenvalue weighted by Gasteiger charge is -2.10. The van der Waals surface area contributed by atoms with Crippen molar-refractivity contribution in [2.24, 2.45) is 0 Å². The summed E-state index contributed by atoms with van der Waals surface area (Å²) in [6.45, 7) is 0.434. The molecule has 3 N–H and O–H groups in total. The van der Waals surface area contributed by atoms with Gasteiger partial charge in [-0.25, -0.2) is 0 Å². The van der Waals surface area contributed by atoms with Crippen molar-refractivity contribution in [2.45, 2.75) is 19.6 Å². The number of carbonyl (C=O) groups is 1. The Hall–Kier alpha value is -3.31. The minimum absolute atomic E-state index is 0.00509. The van der Waals surface area contributed by atoms with E-state index in [4.69, 9.17) is 4.74 Å². The first kappa shape index (κ1) is 19.5. The van der Waals surface area contributed by atoms with E-state index in [-0.39, 0.29) is 12.5 Å². The maximum Gasteiger partial charge on any atom is 0.224 e. The molecule has 0 unspecified atom stereocenters. The van der Waals surface area contributed by atoms with E-state index in [0.29, 0.717) is 13.0 Å². The Morgan fingerprint density at radius 2 is 1.57 bits per heavy atom. The second-order valence-corrected chi connectivity index (χ2v) is 6.49. The molecule has 28 heavy (non-hydrogen) atoms. The summed E-state index contributed by atoms with van der Waals surface area (Å²) in [7, 11) is 1.64. The van der Waals surface area contributed by atoms with Crippen molar-refractivity contribution in [2.75, 3.05) is 12.4 Å². The highest BCUT2D eigenvalue weighted by Crippen LogP contribution is 2.22. The summed E-state index contributed by atoms with van der Waals surface area (Å²) in [5, 5.41) is 15.4. The van der Waals surface area contributed by atoms with E-state index >= 15 is 0 Å². The summed E-state index contributed by atoms with van der Waals surface area (Å²) in [6.07, 6.45) is 0.299. The van der Waals surface area contributed by atoms with Gasteiger partial charge < -0.3 is 20.5 Å². The van der Waals surface area contributed by atoms with Gasteiger partial charge in [-0.15, -0.1) is 0 Å². The van der Waals surface area contributed by atoms with Crippen LogP contribution in [0.25, 0.3) is 0 Å². The van der Waals surface area contributed by atoms with Gasteiger partial charge in [0.15, 0.2) is 0 Å². The van der Waals surface area contributed by atoms with Gasteiger partial charge in [0.2, 0.25) is 5.91 Å². The smallest absolute Gasteiger partial charge is 0.224 e. The predicted octanol–water partition coefficient (Wildman–Crippen LogP) is 3.79. The average Bonchev–Trinajstić information content (AvgIpc) is 2.73. The number of ether oxygens (including phenoxy) is 1. The standard InChI is InChI=1S/C23H24N2O3/c1-28-22-10-4-9-21(14-22)25-20-8-3-5-17(12-20)13-23(27)24-15-18-6-2-7-19(11-18)16-26/h2-12,14,25-26H,13,15-16H2,1H3,(H,24,27). The first-order chi connectivity index (χ1) is 13.7. The van der Waals surface area contributed by atoms with Crippen LogP contribution in [0.4, 0.5) is 11.4 Å². The largest absolute Gasteiger partial charge is 0.497 e. The monoisotopic (exact) mass is 376 g/mol. The molecule has 5 heteroatoms.